The summed E-state index contributed by atoms with van der Waals surface area (Å²) in [6.45, 7) is 2.44. The number of nitrogens with zero attached hydrogens (tertiary/aromatic N) is 3. The van der Waals surface area contributed by atoms with Crippen molar-refractivity contribution in [3.63, 3.8) is 0 Å². The fraction of sp³-hybridized carbons (Fsp3) is 0.211. The maximum absolute atomic E-state index is 12.6. The van der Waals surface area contributed by atoms with E-state index in [0.717, 1.165) is 29.9 Å². The normalized spacial score (nSPS) is 11.3. The van der Waals surface area contributed by atoms with Gasteiger partial charge in [-0.3, -0.25) is 0 Å². The summed E-state index contributed by atoms with van der Waals surface area (Å²) < 4.78 is 37.7. The Kier molecular flexibility index (Phi) is 5.99. The molecule has 0 unspecified atom stereocenters. The van der Waals surface area contributed by atoms with Crippen molar-refractivity contribution in [2.45, 2.75) is 19.5 Å². The van der Waals surface area contributed by atoms with Gasteiger partial charge in [0.1, 0.15) is 22.6 Å². The fourth-order valence-corrected chi connectivity index (χ4v) is 2.72. The van der Waals surface area contributed by atoms with Gasteiger partial charge in [0.2, 0.25) is 0 Å². The Labute approximate surface area is 165 Å². The van der Waals surface area contributed by atoms with Crippen LogP contribution in [0, 0.1) is 6.92 Å². The number of aromatic nitrogens is 3. The molecule has 0 bridgehead atoms. The van der Waals surface area contributed by atoms with Crippen molar-refractivity contribution in [1.82, 2.24) is 15.0 Å². The smallest absolute Gasteiger partial charge is 0.370 e. The highest BCUT2D eigenvalue weighted by Gasteiger charge is 2.30. The number of aryl methyl sites for hydroxylation is 1. The first-order valence-corrected chi connectivity index (χ1v) is 8.82. The molecule has 0 aliphatic rings. The number of anilines is 3. The van der Waals surface area contributed by atoms with E-state index in [-0.39, 0.29) is 0 Å². The standard InChI is InChI=1S/C19H17ClF3N5/c1-12-26-16(20)10-18(27-12)24-9-8-13-2-5-15(6-3-13)28-17-7-4-14(11-25-17)19(21,22)23/h2-7,10-11H,8-9H2,1H3,(H,25,28)(H,24,26,27). The van der Waals surface area contributed by atoms with Gasteiger partial charge in [-0.2, -0.15) is 13.2 Å². The molecule has 3 rings (SSSR count). The summed E-state index contributed by atoms with van der Waals surface area (Å²) in [5.74, 6) is 1.62. The lowest BCUT2D eigenvalue weighted by Crippen LogP contribution is -2.07. The molecular formula is C19H17ClF3N5. The minimum atomic E-state index is -4.39. The van der Waals surface area contributed by atoms with Crippen molar-refractivity contribution in [3.8, 4) is 0 Å². The first-order valence-electron chi connectivity index (χ1n) is 8.44. The van der Waals surface area contributed by atoms with Crippen LogP contribution in [0.1, 0.15) is 17.0 Å². The van der Waals surface area contributed by atoms with Crippen molar-refractivity contribution in [1.29, 1.82) is 0 Å². The van der Waals surface area contributed by atoms with E-state index < -0.39 is 11.7 Å². The molecule has 1 aromatic carbocycles. The van der Waals surface area contributed by atoms with Crippen molar-refractivity contribution in [3.05, 3.63) is 70.8 Å². The van der Waals surface area contributed by atoms with Gasteiger partial charge in [-0.15, -0.1) is 0 Å². The van der Waals surface area contributed by atoms with E-state index in [9.17, 15) is 13.2 Å². The molecule has 2 N–H and O–H groups in total. The number of nitrogens with one attached hydrogen (secondary N) is 2. The molecule has 3 aromatic rings. The van der Waals surface area contributed by atoms with Crippen LogP contribution < -0.4 is 10.6 Å². The summed E-state index contributed by atoms with van der Waals surface area (Å²) in [5.41, 5.74) is 1.05. The average molecular weight is 408 g/mol. The Balaban J connectivity index is 1.53. The molecule has 0 aliphatic heterocycles. The number of alkyl halides is 3. The van der Waals surface area contributed by atoms with E-state index in [0.29, 0.717) is 29.2 Å². The van der Waals surface area contributed by atoms with Crippen LogP contribution in [0.3, 0.4) is 0 Å². The van der Waals surface area contributed by atoms with Crippen LogP contribution in [-0.2, 0) is 12.6 Å². The molecule has 0 saturated carbocycles. The van der Waals surface area contributed by atoms with Gasteiger partial charge < -0.3 is 10.6 Å². The molecule has 5 nitrogen and oxygen atoms in total. The van der Waals surface area contributed by atoms with E-state index in [2.05, 4.69) is 25.6 Å². The highest BCUT2D eigenvalue weighted by molar-refractivity contribution is 6.29. The summed E-state index contributed by atoms with van der Waals surface area (Å²) in [5, 5.41) is 6.56. The van der Waals surface area contributed by atoms with Gasteiger partial charge in [-0.05, 0) is 43.2 Å². The second-order valence-electron chi connectivity index (χ2n) is 6.05. The van der Waals surface area contributed by atoms with E-state index in [1.807, 2.05) is 24.3 Å². The largest absolute Gasteiger partial charge is 0.417 e. The number of hydrogen-bond donors (Lipinski definition) is 2. The number of pyridine rings is 1. The molecule has 0 fully saturated rings. The van der Waals surface area contributed by atoms with Crippen LogP contribution in [0.2, 0.25) is 5.15 Å². The van der Waals surface area contributed by atoms with Crippen LogP contribution in [0.4, 0.5) is 30.5 Å². The lowest BCUT2D eigenvalue weighted by atomic mass is 10.1. The minimum Gasteiger partial charge on any atom is -0.370 e. The highest BCUT2D eigenvalue weighted by Crippen LogP contribution is 2.29. The Bertz CT molecular complexity index is 908. The molecule has 0 aliphatic carbocycles. The second-order valence-corrected chi connectivity index (χ2v) is 6.44. The summed E-state index contributed by atoms with van der Waals surface area (Å²) in [6, 6.07) is 11.5. The molecule has 146 valence electrons. The lowest BCUT2D eigenvalue weighted by Gasteiger charge is -2.10. The number of rotatable bonds is 6. The Morgan fingerprint density at radius 2 is 1.75 bits per heavy atom. The molecule has 2 heterocycles. The predicted octanol–water partition coefficient (Wildman–Crippen LogP) is 5.25. The molecule has 9 heteroatoms. The maximum Gasteiger partial charge on any atom is 0.417 e. The zero-order valence-electron chi connectivity index (χ0n) is 14.9. The maximum atomic E-state index is 12.6. The van der Waals surface area contributed by atoms with Gasteiger partial charge in [-0.25, -0.2) is 15.0 Å². The summed E-state index contributed by atoms with van der Waals surface area (Å²) in [6.07, 6.45) is -2.82. The first kappa shape index (κ1) is 19.9. The van der Waals surface area contributed by atoms with Gasteiger partial charge in [0.25, 0.3) is 0 Å². The van der Waals surface area contributed by atoms with E-state index in [1.165, 1.54) is 6.07 Å². The van der Waals surface area contributed by atoms with Gasteiger partial charge in [0.05, 0.1) is 5.56 Å². The van der Waals surface area contributed by atoms with Crippen LogP contribution >= 0.6 is 11.6 Å². The minimum absolute atomic E-state index is 0.346. The molecule has 0 radical (unpaired) electrons. The molecule has 0 atom stereocenters. The predicted molar refractivity (Wildman–Crippen MR) is 103 cm³/mol. The molecule has 2 aromatic heterocycles. The van der Waals surface area contributed by atoms with Gasteiger partial charge in [0.15, 0.2) is 0 Å². The molecule has 28 heavy (non-hydrogen) atoms. The first-order chi connectivity index (χ1) is 13.3. The van der Waals surface area contributed by atoms with Crippen LogP contribution in [0.5, 0.6) is 0 Å². The molecular weight excluding hydrogens is 391 g/mol. The summed E-state index contributed by atoms with van der Waals surface area (Å²) in [4.78, 5) is 12.1. The Morgan fingerprint density at radius 3 is 2.36 bits per heavy atom. The monoisotopic (exact) mass is 407 g/mol. The zero-order chi connectivity index (χ0) is 20.1. The topological polar surface area (TPSA) is 62.7 Å². The second kappa shape index (κ2) is 8.43. The van der Waals surface area contributed by atoms with E-state index in [1.54, 1.807) is 13.0 Å². The third-order valence-electron chi connectivity index (χ3n) is 3.84. The van der Waals surface area contributed by atoms with Crippen LogP contribution in [0.15, 0.2) is 48.7 Å². The van der Waals surface area contributed by atoms with E-state index in [4.69, 9.17) is 11.6 Å². The van der Waals surface area contributed by atoms with Crippen LogP contribution in [-0.4, -0.2) is 21.5 Å². The molecule has 0 amide bonds. The van der Waals surface area contributed by atoms with E-state index >= 15 is 0 Å². The highest BCUT2D eigenvalue weighted by atomic mass is 35.5. The van der Waals surface area contributed by atoms with Gasteiger partial charge >= 0.3 is 6.18 Å². The summed E-state index contributed by atoms with van der Waals surface area (Å²) >= 11 is 5.90. The number of hydrogen-bond acceptors (Lipinski definition) is 5. The van der Waals surface area contributed by atoms with Crippen molar-refractivity contribution in [2.24, 2.45) is 0 Å². The summed E-state index contributed by atoms with van der Waals surface area (Å²) in [7, 11) is 0. The third-order valence-corrected chi connectivity index (χ3v) is 4.04. The lowest BCUT2D eigenvalue weighted by molar-refractivity contribution is -0.137. The zero-order valence-corrected chi connectivity index (χ0v) is 15.6. The Hall–Kier alpha value is -2.87. The Morgan fingerprint density at radius 1 is 1.00 bits per heavy atom. The SMILES string of the molecule is Cc1nc(Cl)cc(NCCc2ccc(Nc3ccc(C(F)(F)F)cn3)cc2)n1. The average Bonchev–Trinajstić information content (AvgIpc) is 2.62. The van der Waals surface area contributed by atoms with Crippen molar-refractivity contribution >= 4 is 28.9 Å². The van der Waals surface area contributed by atoms with Crippen LogP contribution in [0.25, 0.3) is 0 Å². The fourth-order valence-electron chi connectivity index (χ4n) is 2.49. The number of halogens is 4. The quantitative estimate of drug-likeness (QED) is 0.546. The van der Waals surface area contributed by atoms with Gasteiger partial charge in [-0.1, -0.05) is 23.7 Å². The molecule has 0 spiro atoms. The van der Waals surface area contributed by atoms with Gasteiger partial charge in [0, 0.05) is 24.5 Å². The third kappa shape index (κ3) is 5.56. The van der Waals surface area contributed by atoms with Crippen molar-refractivity contribution < 1.29 is 13.2 Å². The van der Waals surface area contributed by atoms with Crippen molar-refractivity contribution in [2.75, 3.05) is 17.2 Å². The molecule has 0 saturated heterocycles. The number of benzene rings is 1.